The highest BCUT2D eigenvalue weighted by Gasteiger charge is 2.39. The molecule has 1 aromatic heterocycles. The van der Waals surface area contributed by atoms with E-state index in [1.807, 2.05) is 13.0 Å². The molecule has 24 heavy (non-hydrogen) atoms. The highest BCUT2D eigenvalue weighted by atomic mass is 16.5. The monoisotopic (exact) mass is 333 g/mol. The van der Waals surface area contributed by atoms with E-state index in [4.69, 9.17) is 9.47 Å². The Hall–Kier alpha value is -1.99. The number of pyridine rings is 1. The van der Waals surface area contributed by atoms with Crippen molar-refractivity contribution < 1.29 is 19.1 Å². The molecule has 0 radical (unpaired) electrons. The van der Waals surface area contributed by atoms with Gasteiger partial charge in [-0.05, 0) is 31.4 Å². The number of ether oxygens (including phenoxy) is 2. The third kappa shape index (κ3) is 3.73. The van der Waals surface area contributed by atoms with E-state index in [0.29, 0.717) is 19.7 Å². The summed E-state index contributed by atoms with van der Waals surface area (Å²) in [6.45, 7) is 3.88. The lowest BCUT2D eigenvalue weighted by molar-refractivity contribution is -0.157. The van der Waals surface area contributed by atoms with Crippen LogP contribution in [0.1, 0.15) is 31.4 Å². The fourth-order valence-electron chi connectivity index (χ4n) is 3.24. The van der Waals surface area contributed by atoms with E-state index in [-0.39, 0.29) is 24.5 Å². The Morgan fingerprint density at radius 2 is 2.25 bits per heavy atom. The Bertz CT molecular complexity index is 572. The lowest BCUT2D eigenvalue weighted by Crippen LogP contribution is -2.54. The largest absolute Gasteiger partial charge is 0.378 e. The number of amides is 2. The molecule has 0 spiro atoms. The number of piperidine rings is 1. The average molecular weight is 333 g/mol. The molecule has 0 bridgehead atoms. The summed E-state index contributed by atoms with van der Waals surface area (Å²) in [4.78, 5) is 30.5. The molecule has 130 valence electrons. The van der Waals surface area contributed by atoms with Crippen LogP contribution in [0.5, 0.6) is 0 Å². The predicted molar refractivity (Wildman–Crippen MR) is 86.1 cm³/mol. The van der Waals surface area contributed by atoms with Crippen LogP contribution in [0.3, 0.4) is 0 Å². The zero-order valence-corrected chi connectivity index (χ0v) is 13.8. The van der Waals surface area contributed by atoms with Gasteiger partial charge in [0.1, 0.15) is 6.61 Å². The lowest BCUT2D eigenvalue weighted by Gasteiger charge is -2.38. The van der Waals surface area contributed by atoms with E-state index in [1.54, 1.807) is 23.4 Å². The Labute approximate surface area is 141 Å². The minimum absolute atomic E-state index is 0.0844. The standard InChI is InChI=1S/C17H23N3O4/c1-2-23-13-5-8-20(9-6-13)17(22)16-15(19-14(21)11-24-16)12-4-3-7-18-10-12/h3-4,7,10,13,15-16H,2,5-6,8-9,11H2,1H3,(H,19,21)/t15-,16+/m1/s1. The Morgan fingerprint density at radius 3 is 2.92 bits per heavy atom. The molecular weight excluding hydrogens is 310 g/mol. The zero-order chi connectivity index (χ0) is 16.9. The van der Waals surface area contributed by atoms with Gasteiger partial charge in [0.05, 0.1) is 12.1 Å². The smallest absolute Gasteiger partial charge is 0.254 e. The topological polar surface area (TPSA) is 80.8 Å². The van der Waals surface area contributed by atoms with Crippen molar-refractivity contribution in [3.8, 4) is 0 Å². The maximum atomic E-state index is 12.9. The van der Waals surface area contributed by atoms with Crippen molar-refractivity contribution in [1.29, 1.82) is 0 Å². The Kier molecular flexibility index (Phi) is 5.42. The van der Waals surface area contributed by atoms with Crippen LogP contribution in [0.15, 0.2) is 24.5 Å². The van der Waals surface area contributed by atoms with Crippen LogP contribution < -0.4 is 5.32 Å². The van der Waals surface area contributed by atoms with Gasteiger partial charge in [0, 0.05) is 32.1 Å². The van der Waals surface area contributed by atoms with E-state index in [0.717, 1.165) is 18.4 Å². The van der Waals surface area contributed by atoms with E-state index >= 15 is 0 Å². The van der Waals surface area contributed by atoms with E-state index in [1.165, 1.54) is 0 Å². The first kappa shape index (κ1) is 16.9. The molecule has 3 rings (SSSR count). The third-order valence-electron chi connectivity index (χ3n) is 4.46. The van der Waals surface area contributed by atoms with Crippen LogP contribution in [-0.2, 0) is 19.1 Å². The Morgan fingerprint density at radius 1 is 1.46 bits per heavy atom. The van der Waals surface area contributed by atoms with Crippen molar-refractivity contribution in [2.75, 3.05) is 26.3 Å². The Balaban J connectivity index is 1.69. The second-order valence-corrected chi connectivity index (χ2v) is 6.04. The van der Waals surface area contributed by atoms with E-state index < -0.39 is 12.1 Å². The van der Waals surface area contributed by atoms with Crippen molar-refractivity contribution >= 4 is 11.8 Å². The molecule has 2 atom stereocenters. The molecule has 0 aliphatic carbocycles. The van der Waals surface area contributed by atoms with Gasteiger partial charge in [-0.3, -0.25) is 14.6 Å². The second-order valence-electron chi connectivity index (χ2n) is 6.04. The minimum Gasteiger partial charge on any atom is -0.378 e. The highest BCUT2D eigenvalue weighted by Crippen LogP contribution is 2.25. The first-order chi connectivity index (χ1) is 11.7. The maximum Gasteiger partial charge on any atom is 0.254 e. The summed E-state index contributed by atoms with van der Waals surface area (Å²) in [5.74, 6) is -0.304. The molecule has 2 saturated heterocycles. The van der Waals surface area contributed by atoms with Gasteiger partial charge in [-0.15, -0.1) is 0 Å². The fraction of sp³-hybridized carbons (Fsp3) is 0.588. The number of likely N-dealkylation sites (tertiary alicyclic amines) is 1. The molecule has 0 saturated carbocycles. The summed E-state index contributed by atoms with van der Waals surface area (Å²) < 4.78 is 11.2. The minimum atomic E-state index is -0.712. The highest BCUT2D eigenvalue weighted by molar-refractivity contribution is 5.86. The summed E-state index contributed by atoms with van der Waals surface area (Å²) in [5, 5.41) is 2.86. The SMILES string of the molecule is CCOC1CCN(C(=O)[C@H]2OCC(=O)N[C@@H]2c2cccnc2)CC1. The normalized spacial score (nSPS) is 25.4. The number of morpholine rings is 1. The van der Waals surface area contributed by atoms with Crippen molar-refractivity contribution in [2.24, 2.45) is 0 Å². The van der Waals surface area contributed by atoms with Gasteiger partial charge in [0.15, 0.2) is 6.10 Å². The van der Waals surface area contributed by atoms with Crippen LogP contribution in [0.2, 0.25) is 0 Å². The molecule has 1 N–H and O–H groups in total. The maximum absolute atomic E-state index is 12.9. The van der Waals surface area contributed by atoms with Gasteiger partial charge >= 0.3 is 0 Å². The van der Waals surface area contributed by atoms with Gasteiger partial charge < -0.3 is 19.7 Å². The second kappa shape index (κ2) is 7.72. The molecule has 7 heteroatoms. The molecule has 3 heterocycles. The van der Waals surface area contributed by atoms with Gasteiger partial charge in [0.25, 0.3) is 5.91 Å². The number of carbonyl (C=O) groups excluding carboxylic acids is 2. The van der Waals surface area contributed by atoms with Gasteiger partial charge in [0.2, 0.25) is 5.91 Å². The number of hydrogen-bond donors (Lipinski definition) is 1. The zero-order valence-electron chi connectivity index (χ0n) is 13.8. The van der Waals surface area contributed by atoms with Crippen molar-refractivity contribution in [2.45, 2.75) is 38.0 Å². The summed E-state index contributed by atoms with van der Waals surface area (Å²) >= 11 is 0. The van der Waals surface area contributed by atoms with Gasteiger partial charge in [-0.1, -0.05) is 6.07 Å². The number of carbonyl (C=O) groups is 2. The van der Waals surface area contributed by atoms with Crippen LogP contribution in [0.25, 0.3) is 0 Å². The molecule has 1 aromatic rings. The first-order valence-electron chi connectivity index (χ1n) is 8.40. The van der Waals surface area contributed by atoms with Gasteiger partial charge in [-0.2, -0.15) is 0 Å². The molecule has 2 aliphatic heterocycles. The predicted octanol–water partition coefficient (Wildman–Crippen LogP) is 0.665. The van der Waals surface area contributed by atoms with E-state index in [9.17, 15) is 9.59 Å². The number of nitrogens with zero attached hydrogens (tertiary/aromatic N) is 2. The summed E-state index contributed by atoms with van der Waals surface area (Å²) in [6, 6.07) is 3.12. The van der Waals surface area contributed by atoms with E-state index in [2.05, 4.69) is 10.3 Å². The number of hydrogen-bond acceptors (Lipinski definition) is 5. The lowest BCUT2D eigenvalue weighted by atomic mass is 9.99. The van der Waals surface area contributed by atoms with Crippen molar-refractivity contribution in [3.05, 3.63) is 30.1 Å². The molecule has 7 nitrogen and oxygen atoms in total. The summed E-state index contributed by atoms with van der Waals surface area (Å²) in [5.41, 5.74) is 0.771. The number of nitrogens with one attached hydrogen (secondary N) is 1. The van der Waals surface area contributed by atoms with Crippen LogP contribution in [-0.4, -0.2) is 60.2 Å². The van der Waals surface area contributed by atoms with Crippen LogP contribution in [0.4, 0.5) is 0 Å². The third-order valence-corrected chi connectivity index (χ3v) is 4.46. The first-order valence-corrected chi connectivity index (χ1v) is 8.40. The number of aromatic nitrogens is 1. The number of rotatable bonds is 4. The fourth-order valence-corrected chi connectivity index (χ4v) is 3.24. The summed E-state index contributed by atoms with van der Waals surface area (Å²) in [7, 11) is 0. The van der Waals surface area contributed by atoms with Crippen LogP contribution in [0, 0.1) is 0 Å². The molecule has 0 aromatic carbocycles. The molecule has 2 amide bonds. The van der Waals surface area contributed by atoms with Crippen molar-refractivity contribution in [1.82, 2.24) is 15.2 Å². The molecule has 2 fully saturated rings. The average Bonchev–Trinajstić information content (AvgIpc) is 2.63. The van der Waals surface area contributed by atoms with Crippen LogP contribution >= 0.6 is 0 Å². The quantitative estimate of drug-likeness (QED) is 0.876. The molecular formula is C17H23N3O4. The van der Waals surface area contributed by atoms with Crippen molar-refractivity contribution in [3.63, 3.8) is 0 Å². The summed E-state index contributed by atoms with van der Waals surface area (Å²) in [6.07, 6.45) is 4.48. The molecule has 2 aliphatic rings. The molecule has 0 unspecified atom stereocenters. The van der Waals surface area contributed by atoms with Gasteiger partial charge in [-0.25, -0.2) is 0 Å².